The Balaban J connectivity index is 1.56. The summed E-state index contributed by atoms with van der Waals surface area (Å²) >= 11 is 0. The highest BCUT2D eigenvalue weighted by atomic mass is 16.5. The van der Waals surface area contributed by atoms with E-state index in [1.165, 1.54) is 12.0 Å². The van der Waals surface area contributed by atoms with Gasteiger partial charge < -0.3 is 10.1 Å². The summed E-state index contributed by atoms with van der Waals surface area (Å²) in [6, 6.07) is 19.3. The molecular weight excluding hydrogens is 258 g/mol. The second-order valence-corrected chi connectivity index (χ2v) is 5.34. The van der Waals surface area contributed by atoms with Gasteiger partial charge in [0.15, 0.2) is 0 Å². The summed E-state index contributed by atoms with van der Waals surface area (Å²) in [7, 11) is 0. The normalized spacial score (nSPS) is 19.8. The maximum Gasteiger partial charge on any atom is 0.148 e. The fourth-order valence-corrected chi connectivity index (χ4v) is 2.64. The van der Waals surface area contributed by atoms with Crippen LogP contribution >= 0.6 is 0 Å². The van der Waals surface area contributed by atoms with Crippen LogP contribution in [0.15, 0.2) is 54.6 Å². The lowest BCUT2D eigenvalue weighted by Crippen LogP contribution is -2.18. The number of hydrogen-bond acceptors (Lipinski definition) is 2. The van der Waals surface area contributed by atoms with E-state index in [0.29, 0.717) is 18.6 Å². The summed E-state index contributed by atoms with van der Waals surface area (Å²) in [5, 5.41) is 3.61. The van der Waals surface area contributed by atoms with Crippen molar-refractivity contribution in [1.29, 1.82) is 0 Å². The van der Waals surface area contributed by atoms with Crippen LogP contribution in [0, 0.1) is 12.3 Å². The van der Waals surface area contributed by atoms with Crippen LogP contribution in [0.3, 0.4) is 0 Å². The van der Waals surface area contributed by atoms with E-state index < -0.39 is 0 Å². The Morgan fingerprint density at radius 1 is 1.10 bits per heavy atom. The molecule has 2 unspecified atom stereocenters. The van der Waals surface area contributed by atoms with Crippen LogP contribution in [0.5, 0.6) is 5.75 Å². The van der Waals surface area contributed by atoms with Gasteiger partial charge in [0.05, 0.1) is 0 Å². The lowest BCUT2D eigenvalue weighted by molar-refractivity contribution is 0.364. The fraction of sp³-hybridized carbons (Fsp3) is 0.263. The van der Waals surface area contributed by atoms with Crippen LogP contribution in [-0.2, 0) is 6.54 Å². The Bertz CT molecular complexity index is 630. The second kappa shape index (κ2) is 6.47. The third-order valence-corrected chi connectivity index (χ3v) is 3.86. The first-order chi connectivity index (χ1) is 10.4. The van der Waals surface area contributed by atoms with E-state index in [9.17, 15) is 0 Å². The predicted molar refractivity (Wildman–Crippen MR) is 85.2 cm³/mol. The van der Waals surface area contributed by atoms with Crippen molar-refractivity contribution in [3.8, 4) is 18.1 Å². The van der Waals surface area contributed by atoms with E-state index in [2.05, 4.69) is 47.6 Å². The Labute approximate surface area is 126 Å². The summed E-state index contributed by atoms with van der Waals surface area (Å²) in [5.41, 5.74) is 2.58. The molecule has 0 heterocycles. The standard InChI is InChI=1S/C19H19NO/c1-2-12-21-19-11-7-6-10-16(19)14-20-18-13-17(18)15-8-4-3-5-9-15/h1,3-11,17-18,20H,12-14H2. The highest BCUT2D eigenvalue weighted by molar-refractivity contribution is 5.34. The van der Waals surface area contributed by atoms with Crippen LogP contribution in [-0.4, -0.2) is 12.6 Å². The van der Waals surface area contributed by atoms with E-state index in [1.54, 1.807) is 0 Å². The molecule has 1 aliphatic carbocycles. The summed E-state index contributed by atoms with van der Waals surface area (Å²) in [5.74, 6) is 4.02. The first-order valence-electron chi connectivity index (χ1n) is 7.31. The molecule has 0 saturated heterocycles. The largest absolute Gasteiger partial charge is 0.481 e. The molecule has 0 spiro atoms. The Hall–Kier alpha value is -2.24. The van der Waals surface area contributed by atoms with Crippen molar-refractivity contribution in [2.75, 3.05) is 6.61 Å². The molecule has 21 heavy (non-hydrogen) atoms. The van der Waals surface area contributed by atoms with Gasteiger partial charge in [-0.2, -0.15) is 0 Å². The van der Waals surface area contributed by atoms with E-state index in [-0.39, 0.29) is 0 Å². The van der Waals surface area contributed by atoms with Gasteiger partial charge in [0.25, 0.3) is 0 Å². The molecular formula is C19H19NO. The summed E-state index contributed by atoms with van der Waals surface area (Å²) < 4.78 is 5.57. The van der Waals surface area contributed by atoms with Gasteiger partial charge in [0, 0.05) is 24.1 Å². The van der Waals surface area contributed by atoms with Crippen molar-refractivity contribution in [3.05, 3.63) is 65.7 Å². The molecule has 3 rings (SSSR count). The molecule has 1 saturated carbocycles. The summed E-state index contributed by atoms with van der Waals surface area (Å²) in [6.07, 6.45) is 6.46. The number of para-hydroxylation sites is 1. The third kappa shape index (κ3) is 3.45. The first kappa shape index (κ1) is 13.7. The topological polar surface area (TPSA) is 21.3 Å². The molecule has 0 aromatic heterocycles. The van der Waals surface area contributed by atoms with E-state index >= 15 is 0 Å². The molecule has 1 N–H and O–H groups in total. The maximum absolute atomic E-state index is 5.57. The fourth-order valence-electron chi connectivity index (χ4n) is 2.64. The zero-order chi connectivity index (χ0) is 14.5. The first-order valence-corrected chi connectivity index (χ1v) is 7.31. The molecule has 2 aromatic carbocycles. The van der Waals surface area contributed by atoms with Crippen molar-refractivity contribution >= 4 is 0 Å². The monoisotopic (exact) mass is 277 g/mol. The molecule has 2 aromatic rings. The number of rotatable bonds is 6. The molecule has 106 valence electrons. The summed E-state index contributed by atoms with van der Waals surface area (Å²) in [6.45, 7) is 1.13. The zero-order valence-electron chi connectivity index (χ0n) is 12.0. The third-order valence-electron chi connectivity index (χ3n) is 3.86. The average Bonchev–Trinajstić information content (AvgIpc) is 3.32. The average molecular weight is 277 g/mol. The zero-order valence-corrected chi connectivity index (χ0v) is 12.0. The number of terminal acetylenes is 1. The molecule has 2 heteroatoms. The van der Waals surface area contributed by atoms with Crippen LogP contribution in [0.1, 0.15) is 23.5 Å². The van der Waals surface area contributed by atoms with Crippen molar-refractivity contribution < 1.29 is 4.74 Å². The Morgan fingerprint density at radius 2 is 1.86 bits per heavy atom. The van der Waals surface area contributed by atoms with Gasteiger partial charge >= 0.3 is 0 Å². The van der Waals surface area contributed by atoms with Gasteiger partial charge in [-0.15, -0.1) is 6.42 Å². The Morgan fingerprint density at radius 3 is 2.67 bits per heavy atom. The van der Waals surface area contributed by atoms with Gasteiger partial charge in [-0.05, 0) is 18.1 Å². The van der Waals surface area contributed by atoms with Gasteiger partial charge in [-0.25, -0.2) is 0 Å². The summed E-state index contributed by atoms with van der Waals surface area (Å²) in [4.78, 5) is 0. The maximum atomic E-state index is 5.57. The highest BCUT2D eigenvalue weighted by Gasteiger charge is 2.37. The Kier molecular flexibility index (Phi) is 4.23. The van der Waals surface area contributed by atoms with Gasteiger partial charge in [0.1, 0.15) is 12.4 Å². The molecule has 0 amide bonds. The number of benzene rings is 2. The van der Waals surface area contributed by atoms with Gasteiger partial charge in [-0.3, -0.25) is 0 Å². The SMILES string of the molecule is C#CCOc1ccccc1CNC1CC1c1ccccc1. The molecule has 0 aliphatic heterocycles. The minimum absolute atomic E-state index is 0.313. The highest BCUT2D eigenvalue weighted by Crippen LogP contribution is 2.40. The molecule has 0 radical (unpaired) electrons. The van der Waals surface area contributed by atoms with E-state index in [1.807, 2.05) is 18.2 Å². The quantitative estimate of drug-likeness (QED) is 0.818. The van der Waals surface area contributed by atoms with E-state index in [0.717, 1.165) is 17.9 Å². The molecule has 0 bridgehead atoms. The van der Waals surface area contributed by atoms with Crippen molar-refractivity contribution in [3.63, 3.8) is 0 Å². The number of ether oxygens (including phenoxy) is 1. The van der Waals surface area contributed by atoms with Crippen molar-refractivity contribution in [1.82, 2.24) is 5.32 Å². The molecule has 1 fully saturated rings. The number of hydrogen-bond donors (Lipinski definition) is 1. The lowest BCUT2D eigenvalue weighted by Gasteiger charge is -2.10. The van der Waals surface area contributed by atoms with Gasteiger partial charge in [0.2, 0.25) is 0 Å². The van der Waals surface area contributed by atoms with Crippen molar-refractivity contribution in [2.45, 2.75) is 24.9 Å². The second-order valence-electron chi connectivity index (χ2n) is 5.34. The molecule has 1 aliphatic rings. The minimum atomic E-state index is 0.313. The van der Waals surface area contributed by atoms with E-state index in [4.69, 9.17) is 11.2 Å². The van der Waals surface area contributed by atoms with Crippen LogP contribution in [0.25, 0.3) is 0 Å². The molecule has 2 atom stereocenters. The van der Waals surface area contributed by atoms with Crippen LogP contribution in [0.2, 0.25) is 0 Å². The molecule has 2 nitrogen and oxygen atoms in total. The van der Waals surface area contributed by atoms with Crippen LogP contribution in [0.4, 0.5) is 0 Å². The number of nitrogens with one attached hydrogen (secondary N) is 1. The lowest BCUT2D eigenvalue weighted by atomic mass is 10.1. The van der Waals surface area contributed by atoms with Crippen LogP contribution < -0.4 is 10.1 Å². The minimum Gasteiger partial charge on any atom is -0.481 e. The predicted octanol–water partition coefficient (Wildman–Crippen LogP) is 3.34. The van der Waals surface area contributed by atoms with Crippen molar-refractivity contribution in [2.24, 2.45) is 0 Å². The van der Waals surface area contributed by atoms with Gasteiger partial charge in [-0.1, -0.05) is 54.5 Å². The smallest absolute Gasteiger partial charge is 0.148 e.